The summed E-state index contributed by atoms with van der Waals surface area (Å²) in [5.41, 5.74) is 2.74. The van der Waals surface area contributed by atoms with Gasteiger partial charge in [-0.15, -0.1) is 0 Å². The van der Waals surface area contributed by atoms with Gasteiger partial charge in [-0.25, -0.2) is 4.98 Å². The molecule has 4 rings (SSSR count). The lowest BCUT2D eigenvalue weighted by molar-refractivity contribution is 0.102. The van der Waals surface area contributed by atoms with E-state index >= 15 is 0 Å². The summed E-state index contributed by atoms with van der Waals surface area (Å²) >= 11 is 5.91. The number of carbonyl (C=O) groups is 1. The van der Waals surface area contributed by atoms with E-state index in [1.807, 2.05) is 13.0 Å². The Balaban J connectivity index is 1.45. The highest BCUT2D eigenvalue weighted by Gasteiger charge is 2.29. The lowest BCUT2D eigenvalue weighted by atomic mass is 9.91. The number of carbonyl (C=O) groups excluding carboxylic acids is 1. The van der Waals surface area contributed by atoms with Crippen LogP contribution >= 0.6 is 11.6 Å². The van der Waals surface area contributed by atoms with Gasteiger partial charge in [0.15, 0.2) is 0 Å². The van der Waals surface area contributed by atoms with Gasteiger partial charge in [0.05, 0.1) is 10.6 Å². The second-order valence-corrected chi connectivity index (χ2v) is 9.44. The van der Waals surface area contributed by atoms with E-state index in [4.69, 9.17) is 11.6 Å². The Bertz CT molecular complexity index is 887. The van der Waals surface area contributed by atoms with Crippen LogP contribution in [0.4, 0.5) is 11.5 Å². The fourth-order valence-electron chi connectivity index (χ4n) is 5.05. The third kappa shape index (κ3) is 5.39. The molecule has 1 aromatic carbocycles. The number of nitrogens with zero attached hydrogens (tertiary/aromatic N) is 3. The maximum absolute atomic E-state index is 13.1. The van der Waals surface area contributed by atoms with Crippen molar-refractivity contribution in [3.63, 3.8) is 0 Å². The summed E-state index contributed by atoms with van der Waals surface area (Å²) in [7, 11) is 2.13. The van der Waals surface area contributed by atoms with Crippen molar-refractivity contribution >= 4 is 29.0 Å². The molecule has 1 aliphatic heterocycles. The number of halogens is 1. The Labute approximate surface area is 190 Å². The van der Waals surface area contributed by atoms with Gasteiger partial charge >= 0.3 is 0 Å². The maximum atomic E-state index is 13.1. The van der Waals surface area contributed by atoms with Gasteiger partial charge in [0.1, 0.15) is 5.82 Å². The molecule has 0 radical (unpaired) electrons. The zero-order valence-corrected chi connectivity index (χ0v) is 19.4. The number of aromatic nitrogens is 1. The SMILES string of the molecule is Cc1ccc(N(C)C2CCN(C3CCCCC3)CC2)c(C(=O)Nc2ccc(Cl)cn2)c1. The number of hydrogen-bond donors (Lipinski definition) is 1. The van der Waals surface area contributed by atoms with Gasteiger partial charge in [0, 0.05) is 44.1 Å². The molecule has 1 aliphatic carbocycles. The molecule has 1 aromatic heterocycles. The van der Waals surface area contributed by atoms with E-state index in [1.54, 1.807) is 18.3 Å². The average Bonchev–Trinajstić information content (AvgIpc) is 2.81. The molecular formula is C25H33ClN4O. The van der Waals surface area contributed by atoms with Crippen LogP contribution in [0, 0.1) is 6.92 Å². The third-order valence-corrected chi connectivity index (χ3v) is 7.11. The summed E-state index contributed by atoms with van der Waals surface area (Å²) < 4.78 is 0. The molecular weight excluding hydrogens is 408 g/mol. The van der Waals surface area contributed by atoms with Crippen LogP contribution in [0.15, 0.2) is 36.5 Å². The van der Waals surface area contributed by atoms with Crippen LogP contribution in [0.3, 0.4) is 0 Å². The van der Waals surface area contributed by atoms with Crippen LogP contribution in [0.5, 0.6) is 0 Å². The minimum atomic E-state index is -0.139. The molecule has 2 fully saturated rings. The van der Waals surface area contributed by atoms with Crippen molar-refractivity contribution in [1.82, 2.24) is 9.88 Å². The average molecular weight is 441 g/mol. The molecule has 166 valence electrons. The fraction of sp³-hybridized carbons (Fsp3) is 0.520. The molecule has 2 aliphatic rings. The number of pyridine rings is 1. The molecule has 2 aromatic rings. The molecule has 0 bridgehead atoms. The molecule has 5 nitrogen and oxygen atoms in total. The molecule has 2 heterocycles. The lowest BCUT2D eigenvalue weighted by Gasteiger charge is -2.42. The first-order valence-electron chi connectivity index (χ1n) is 11.5. The Morgan fingerprint density at radius 1 is 1.10 bits per heavy atom. The van der Waals surface area contributed by atoms with E-state index in [0.29, 0.717) is 22.4 Å². The van der Waals surface area contributed by atoms with E-state index < -0.39 is 0 Å². The van der Waals surface area contributed by atoms with Crippen molar-refractivity contribution in [1.29, 1.82) is 0 Å². The summed E-state index contributed by atoms with van der Waals surface area (Å²) in [6.45, 7) is 4.33. The Morgan fingerprint density at radius 2 is 1.84 bits per heavy atom. The Hall–Kier alpha value is -2.11. The third-order valence-electron chi connectivity index (χ3n) is 6.88. The van der Waals surface area contributed by atoms with Crippen molar-refractivity contribution in [2.45, 2.75) is 64.0 Å². The molecule has 6 heteroatoms. The molecule has 1 saturated heterocycles. The van der Waals surface area contributed by atoms with Crippen LogP contribution in [0.1, 0.15) is 60.9 Å². The predicted molar refractivity (Wildman–Crippen MR) is 128 cm³/mol. The minimum absolute atomic E-state index is 0.139. The van der Waals surface area contributed by atoms with E-state index in [1.165, 1.54) is 32.1 Å². The normalized spacial score (nSPS) is 18.7. The second kappa shape index (κ2) is 10.0. The van der Waals surface area contributed by atoms with Gasteiger partial charge in [-0.3, -0.25) is 4.79 Å². The molecule has 0 atom stereocenters. The van der Waals surface area contributed by atoms with Gasteiger partial charge in [-0.05, 0) is 56.9 Å². The number of benzene rings is 1. The van der Waals surface area contributed by atoms with Crippen LogP contribution in [0.2, 0.25) is 5.02 Å². The van der Waals surface area contributed by atoms with Gasteiger partial charge in [0.2, 0.25) is 0 Å². The summed E-state index contributed by atoms with van der Waals surface area (Å²) in [5, 5.41) is 3.47. The second-order valence-electron chi connectivity index (χ2n) is 9.01. The summed E-state index contributed by atoms with van der Waals surface area (Å²) in [4.78, 5) is 22.3. The van der Waals surface area contributed by atoms with Gasteiger partial charge in [-0.2, -0.15) is 0 Å². The summed E-state index contributed by atoms with van der Waals surface area (Å²) in [6.07, 6.45) is 10.7. The largest absolute Gasteiger partial charge is 0.371 e. The number of likely N-dealkylation sites (tertiary alicyclic amines) is 1. The number of aryl methyl sites for hydroxylation is 1. The number of hydrogen-bond acceptors (Lipinski definition) is 4. The zero-order chi connectivity index (χ0) is 21.8. The van der Waals surface area contributed by atoms with Crippen LogP contribution in [-0.4, -0.2) is 48.0 Å². The van der Waals surface area contributed by atoms with E-state index in [-0.39, 0.29) is 5.91 Å². The zero-order valence-electron chi connectivity index (χ0n) is 18.6. The lowest BCUT2D eigenvalue weighted by Crippen LogP contribution is -2.48. The molecule has 31 heavy (non-hydrogen) atoms. The van der Waals surface area contributed by atoms with Gasteiger partial charge < -0.3 is 15.1 Å². The number of anilines is 2. The Kier molecular flexibility index (Phi) is 7.13. The highest BCUT2D eigenvalue weighted by atomic mass is 35.5. The summed E-state index contributed by atoms with van der Waals surface area (Å²) in [5.74, 6) is 0.366. The maximum Gasteiger partial charge on any atom is 0.258 e. The van der Waals surface area contributed by atoms with Crippen molar-refractivity contribution in [3.8, 4) is 0 Å². The number of amides is 1. The smallest absolute Gasteiger partial charge is 0.258 e. The van der Waals surface area contributed by atoms with Crippen LogP contribution < -0.4 is 10.2 Å². The first kappa shape index (κ1) is 22.1. The predicted octanol–water partition coefficient (Wildman–Crippen LogP) is 5.53. The van der Waals surface area contributed by atoms with E-state index in [2.05, 4.69) is 39.3 Å². The highest BCUT2D eigenvalue weighted by Crippen LogP contribution is 2.30. The number of piperidine rings is 1. The molecule has 1 amide bonds. The Morgan fingerprint density at radius 3 is 2.52 bits per heavy atom. The van der Waals surface area contributed by atoms with Crippen LogP contribution in [-0.2, 0) is 0 Å². The van der Waals surface area contributed by atoms with E-state index in [9.17, 15) is 4.79 Å². The first-order chi connectivity index (χ1) is 15.0. The molecule has 1 N–H and O–H groups in total. The van der Waals surface area contributed by atoms with Crippen molar-refractivity contribution in [2.75, 3.05) is 30.4 Å². The molecule has 1 saturated carbocycles. The standard InChI is InChI=1S/C25H33ClN4O/c1-18-8-10-23(22(16-18)25(31)28-24-11-9-19(26)17-27-24)29(2)20-12-14-30(15-13-20)21-6-4-3-5-7-21/h8-11,16-17,20-21H,3-7,12-15H2,1-2H3,(H,27,28,31). The number of rotatable bonds is 5. The minimum Gasteiger partial charge on any atom is -0.371 e. The highest BCUT2D eigenvalue weighted by molar-refractivity contribution is 6.30. The first-order valence-corrected chi connectivity index (χ1v) is 11.9. The van der Waals surface area contributed by atoms with E-state index in [0.717, 1.165) is 43.2 Å². The van der Waals surface area contributed by atoms with Gasteiger partial charge in [-0.1, -0.05) is 42.5 Å². The van der Waals surface area contributed by atoms with Crippen molar-refractivity contribution in [3.05, 3.63) is 52.7 Å². The quantitative estimate of drug-likeness (QED) is 0.664. The topological polar surface area (TPSA) is 48.5 Å². The van der Waals surface area contributed by atoms with Crippen molar-refractivity contribution in [2.24, 2.45) is 0 Å². The summed E-state index contributed by atoms with van der Waals surface area (Å²) in [6, 6.07) is 10.8. The number of nitrogens with one attached hydrogen (secondary N) is 1. The fourth-order valence-corrected chi connectivity index (χ4v) is 5.17. The molecule has 0 unspecified atom stereocenters. The van der Waals surface area contributed by atoms with Gasteiger partial charge in [0.25, 0.3) is 5.91 Å². The monoisotopic (exact) mass is 440 g/mol. The van der Waals surface area contributed by atoms with Crippen molar-refractivity contribution < 1.29 is 4.79 Å². The molecule has 0 spiro atoms. The van der Waals surface area contributed by atoms with Crippen LogP contribution in [0.25, 0.3) is 0 Å².